The molecule has 0 aromatic carbocycles. The van der Waals surface area contributed by atoms with Gasteiger partial charge in [-0.25, -0.2) is 4.68 Å². The molecule has 0 aliphatic heterocycles. The van der Waals surface area contributed by atoms with E-state index < -0.39 is 0 Å². The van der Waals surface area contributed by atoms with E-state index in [1.807, 2.05) is 18.2 Å². The molecule has 70 valence electrons. The summed E-state index contributed by atoms with van der Waals surface area (Å²) in [7, 11) is 0. The van der Waals surface area contributed by atoms with Gasteiger partial charge in [-0.2, -0.15) is 10.4 Å². The fourth-order valence-corrected chi connectivity index (χ4v) is 1.02. The van der Waals surface area contributed by atoms with Gasteiger partial charge in [0.05, 0.1) is 5.69 Å². The summed E-state index contributed by atoms with van der Waals surface area (Å²) in [5, 5.41) is 12.6. The molecule has 0 fully saturated rings. The topological polar surface area (TPSA) is 54.5 Å². The molecule has 0 amide bonds. The van der Waals surface area contributed by atoms with Gasteiger partial charge in [-0.05, 0) is 18.2 Å². The lowest BCUT2D eigenvalue weighted by Crippen LogP contribution is -1.94. The van der Waals surface area contributed by atoms with Gasteiger partial charge in [0.2, 0.25) is 0 Å². The lowest BCUT2D eigenvalue weighted by molar-refractivity contribution is 0.870. The van der Waals surface area contributed by atoms with Gasteiger partial charge in [-0.1, -0.05) is 0 Å². The first-order chi connectivity index (χ1) is 6.40. The molecular formula is C9H7ClN4. The van der Waals surface area contributed by atoms with Gasteiger partial charge >= 0.3 is 0 Å². The van der Waals surface area contributed by atoms with Crippen molar-refractivity contribution in [3.05, 3.63) is 42.5 Å². The highest BCUT2D eigenvalue weighted by Crippen LogP contribution is 2.04. The molecule has 2 heterocycles. The summed E-state index contributed by atoms with van der Waals surface area (Å²) in [6, 6.07) is 7.29. The zero-order valence-corrected chi connectivity index (χ0v) is 7.98. The summed E-state index contributed by atoms with van der Waals surface area (Å²) in [5.74, 6) is 0. The number of nitriles is 1. The Kier molecular flexibility index (Phi) is 3.21. The minimum absolute atomic E-state index is 0. The van der Waals surface area contributed by atoms with E-state index in [1.165, 1.54) is 0 Å². The van der Waals surface area contributed by atoms with E-state index in [-0.39, 0.29) is 12.4 Å². The Balaban J connectivity index is 0.000000980. The van der Waals surface area contributed by atoms with E-state index in [0.717, 1.165) is 5.69 Å². The van der Waals surface area contributed by atoms with Crippen molar-refractivity contribution < 1.29 is 0 Å². The maximum atomic E-state index is 8.56. The summed E-state index contributed by atoms with van der Waals surface area (Å²) in [6.07, 6.45) is 5.11. The molecule has 0 bridgehead atoms. The predicted molar refractivity (Wildman–Crippen MR) is 53.3 cm³/mol. The van der Waals surface area contributed by atoms with Crippen LogP contribution in [0.15, 0.2) is 36.8 Å². The summed E-state index contributed by atoms with van der Waals surface area (Å²) in [4.78, 5) is 3.89. The molecule has 5 heteroatoms. The van der Waals surface area contributed by atoms with Gasteiger partial charge in [0.15, 0.2) is 5.69 Å². The first-order valence-corrected chi connectivity index (χ1v) is 3.76. The predicted octanol–water partition coefficient (Wildman–Crippen LogP) is 1.56. The molecule has 0 spiro atoms. The number of pyridine rings is 1. The molecule has 14 heavy (non-hydrogen) atoms. The summed E-state index contributed by atoms with van der Waals surface area (Å²) in [5.41, 5.74) is 1.31. The van der Waals surface area contributed by atoms with Crippen molar-refractivity contribution in [1.29, 1.82) is 5.26 Å². The molecule has 0 aliphatic carbocycles. The third-order valence-electron chi connectivity index (χ3n) is 1.63. The zero-order valence-electron chi connectivity index (χ0n) is 7.16. The highest BCUT2D eigenvalue weighted by atomic mass is 35.5. The van der Waals surface area contributed by atoms with Crippen LogP contribution in [0.5, 0.6) is 0 Å². The van der Waals surface area contributed by atoms with Crippen LogP contribution in [0.4, 0.5) is 0 Å². The van der Waals surface area contributed by atoms with E-state index >= 15 is 0 Å². The van der Waals surface area contributed by atoms with E-state index in [4.69, 9.17) is 5.26 Å². The highest BCUT2D eigenvalue weighted by Gasteiger charge is 1.98. The average molecular weight is 207 g/mol. The van der Waals surface area contributed by atoms with Gasteiger partial charge in [0, 0.05) is 18.6 Å². The number of halogens is 1. The van der Waals surface area contributed by atoms with Crippen LogP contribution in [0.2, 0.25) is 0 Å². The zero-order chi connectivity index (χ0) is 9.10. The number of hydrogen-bond donors (Lipinski definition) is 0. The van der Waals surface area contributed by atoms with Gasteiger partial charge in [-0.3, -0.25) is 4.98 Å². The van der Waals surface area contributed by atoms with Gasteiger partial charge in [-0.15, -0.1) is 12.4 Å². The van der Waals surface area contributed by atoms with Crippen LogP contribution >= 0.6 is 12.4 Å². The molecule has 0 saturated carbocycles. The molecule has 2 rings (SSSR count). The first kappa shape index (κ1) is 10.2. The molecule has 0 saturated heterocycles. The monoisotopic (exact) mass is 206 g/mol. The first-order valence-electron chi connectivity index (χ1n) is 3.76. The van der Waals surface area contributed by atoms with Crippen LogP contribution in [0.3, 0.4) is 0 Å². The molecule has 0 unspecified atom stereocenters. The minimum atomic E-state index is 0. The minimum Gasteiger partial charge on any atom is -0.265 e. The number of aromatic nitrogens is 3. The van der Waals surface area contributed by atoms with Gasteiger partial charge in [0.25, 0.3) is 0 Å². The van der Waals surface area contributed by atoms with Crippen molar-refractivity contribution in [2.24, 2.45) is 0 Å². The third-order valence-corrected chi connectivity index (χ3v) is 1.63. The Morgan fingerprint density at radius 3 is 2.50 bits per heavy atom. The maximum Gasteiger partial charge on any atom is 0.162 e. The van der Waals surface area contributed by atoms with Crippen LogP contribution in [-0.4, -0.2) is 14.8 Å². The normalized spacial score (nSPS) is 8.79. The Labute approximate surface area is 87.2 Å². The van der Waals surface area contributed by atoms with Crippen molar-refractivity contribution >= 4 is 12.4 Å². The third kappa shape index (κ3) is 1.90. The Bertz CT molecular complexity index is 443. The second-order valence-electron chi connectivity index (χ2n) is 2.46. The van der Waals surface area contributed by atoms with Gasteiger partial charge in [0.1, 0.15) is 6.07 Å². The van der Waals surface area contributed by atoms with Crippen molar-refractivity contribution in [3.63, 3.8) is 0 Å². The largest absolute Gasteiger partial charge is 0.265 e. The molecule has 0 aliphatic rings. The Hall–Kier alpha value is -1.86. The van der Waals surface area contributed by atoms with E-state index in [2.05, 4.69) is 10.1 Å². The summed E-state index contributed by atoms with van der Waals surface area (Å²) < 4.78 is 1.64. The van der Waals surface area contributed by atoms with Crippen LogP contribution in [-0.2, 0) is 0 Å². The van der Waals surface area contributed by atoms with Crippen LogP contribution < -0.4 is 0 Å². The van der Waals surface area contributed by atoms with E-state index in [0.29, 0.717) is 5.69 Å². The maximum absolute atomic E-state index is 8.56. The molecule has 2 aromatic rings. The standard InChI is InChI=1S/C9H6N4.ClH/c10-7-8-3-6-13(12-8)9-1-4-11-5-2-9;/h1-6H;1H. The molecular weight excluding hydrogens is 200 g/mol. The van der Waals surface area contributed by atoms with E-state index in [1.54, 1.807) is 29.3 Å². The van der Waals surface area contributed by atoms with Crippen LogP contribution in [0, 0.1) is 11.3 Å². The van der Waals surface area contributed by atoms with Crippen molar-refractivity contribution in [1.82, 2.24) is 14.8 Å². The SMILES string of the molecule is Cl.N#Cc1ccn(-c2ccncc2)n1. The second-order valence-corrected chi connectivity index (χ2v) is 2.46. The number of nitrogens with zero attached hydrogens (tertiary/aromatic N) is 4. The molecule has 0 N–H and O–H groups in total. The number of rotatable bonds is 1. The molecule has 2 aromatic heterocycles. The van der Waals surface area contributed by atoms with Crippen molar-refractivity contribution in [2.45, 2.75) is 0 Å². The van der Waals surface area contributed by atoms with Crippen molar-refractivity contribution in [2.75, 3.05) is 0 Å². The van der Waals surface area contributed by atoms with Crippen molar-refractivity contribution in [3.8, 4) is 11.8 Å². The second kappa shape index (κ2) is 4.40. The Morgan fingerprint density at radius 1 is 1.21 bits per heavy atom. The molecule has 4 nitrogen and oxygen atoms in total. The smallest absolute Gasteiger partial charge is 0.162 e. The molecule has 0 radical (unpaired) electrons. The summed E-state index contributed by atoms with van der Waals surface area (Å²) in [6.45, 7) is 0. The lowest BCUT2D eigenvalue weighted by atomic mass is 10.4. The lowest BCUT2D eigenvalue weighted by Gasteiger charge is -1.97. The van der Waals surface area contributed by atoms with Gasteiger partial charge < -0.3 is 0 Å². The fourth-order valence-electron chi connectivity index (χ4n) is 1.02. The van der Waals surface area contributed by atoms with E-state index in [9.17, 15) is 0 Å². The highest BCUT2D eigenvalue weighted by molar-refractivity contribution is 5.85. The quantitative estimate of drug-likeness (QED) is 0.712. The average Bonchev–Trinajstić information content (AvgIpc) is 2.67. The summed E-state index contributed by atoms with van der Waals surface area (Å²) >= 11 is 0. The fraction of sp³-hybridized carbons (Fsp3) is 0. The van der Waals surface area contributed by atoms with Crippen LogP contribution in [0.1, 0.15) is 5.69 Å². The van der Waals surface area contributed by atoms with Crippen LogP contribution in [0.25, 0.3) is 5.69 Å². The Morgan fingerprint density at radius 2 is 1.93 bits per heavy atom. The number of hydrogen-bond acceptors (Lipinski definition) is 3. The molecule has 0 atom stereocenters.